The molecular weight excluding hydrogens is 250 g/mol. The highest BCUT2D eigenvalue weighted by Gasteiger charge is 2.26. The average molecular weight is 275 g/mol. The second-order valence-electron chi connectivity index (χ2n) is 5.80. The number of nitrogen functional groups attached to an aromatic ring is 1. The fourth-order valence-corrected chi connectivity index (χ4v) is 3.28. The van der Waals surface area contributed by atoms with Crippen LogP contribution in [0.3, 0.4) is 0 Å². The van der Waals surface area contributed by atoms with Crippen LogP contribution in [-0.2, 0) is 0 Å². The standard InChI is InChI=1S/C16H25N3O/c1-3-11-7-9-12(10-8-11)19(2)15-13(16(18)20)5-4-6-14(15)17/h4-6,11-12H,3,7-10,17H2,1-2H3,(H2,18,20). The molecule has 1 aromatic rings. The molecule has 1 aliphatic carbocycles. The van der Waals surface area contributed by atoms with Crippen LogP contribution >= 0.6 is 0 Å². The zero-order chi connectivity index (χ0) is 14.7. The van der Waals surface area contributed by atoms with Crippen LogP contribution in [0, 0.1) is 5.92 Å². The molecule has 0 saturated heterocycles. The molecule has 4 N–H and O–H groups in total. The minimum atomic E-state index is -0.415. The van der Waals surface area contributed by atoms with Crippen LogP contribution < -0.4 is 16.4 Å². The van der Waals surface area contributed by atoms with E-state index < -0.39 is 5.91 Å². The van der Waals surface area contributed by atoms with Crippen LogP contribution in [0.15, 0.2) is 18.2 Å². The minimum absolute atomic E-state index is 0.415. The third-order valence-electron chi connectivity index (χ3n) is 4.63. The van der Waals surface area contributed by atoms with Crippen LogP contribution in [0.25, 0.3) is 0 Å². The predicted molar refractivity (Wildman–Crippen MR) is 83.8 cm³/mol. The second kappa shape index (κ2) is 6.16. The van der Waals surface area contributed by atoms with Gasteiger partial charge in [-0.15, -0.1) is 0 Å². The van der Waals surface area contributed by atoms with Crippen molar-refractivity contribution < 1.29 is 4.79 Å². The number of primary amides is 1. The summed E-state index contributed by atoms with van der Waals surface area (Å²) in [4.78, 5) is 13.8. The van der Waals surface area contributed by atoms with Crippen LogP contribution in [0.1, 0.15) is 49.4 Å². The van der Waals surface area contributed by atoms with Crippen molar-refractivity contribution in [2.45, 2.75) is 45.1 Å². The lowest BCUT2D eigenvalue weighted by Gasteiger charge is -2.37. The molecule has 1 saturated carbocycles. The van der Waals surface area contributed by atoms with Gasteiger partial charge in [0.2, 0.25) is 0 Å². The molecule has 1 fully saturated rings. The topological polar surface area (TPSA) is 72.3 Å². The van der Waals surface area contributed by atoms with Crippen LogP contribution in [0.2, 0.25) is 0 Å². The molecule has 0 spiro atoms. The Morgan fingerprint density at radius 2 is 1.95 bits per heavy atom. The van der Waals surface area contributed by atoms with Gasteiger partial charge < -0.3 is 16.4 Å². The van der Waals surface area contributed by atoms with Gasteiger partial charge in [0.05, 0.1) is 16.9 Å². The van der Waals surface area contributed by atoms with Crippen LogP contribution in [-0.4, -0.2) is 19.0 Å². The van der Waals surface area contributed by atoms with Crippen molar-refractivity contribution in [2.24, 2.45) is 11.7 Å². The van der Waals surface area contributed by atoms with E-state index in [1.165, 1.54) is 19.3 Å². The number of carbonyl (C=O) groups excluding carboxylic acids is 1. The lowest BCUT2D eigenvalue weighted by Crippen LogP contribution is -2.36. The van der Waals surface area contributed by atoms with Gasteiger partial charge in [-0.25, -0.2) is 0 Å². The summed E-state index contributed by atoms with van der Waals surface area (Å²) in [6.45, 7) is 2.26. The molecule has 0 bridgehead atoms. The van der Waals surface area contributed by atoms with Crippen molar-refractivity contribution in [3.63, 3.8) is 0 Å². The fraction of sp³-hybridized carbons (Fsp3) is 0.562. The highest BCUT2D eigenvalue weighted by molar-refractivity contribution is 6.01. The monoisotopic (exact) mass is 275 g/mol. The number of rotatable bonds is 4. The maximum Gasteiger partial charge on any atom is 0.250 e. The molecule has 4 nitrogen and oxygen atoms in total. The van der Waals surface area contributed by atoms with E-state index in [0.29, 0.717) is 17.3 Å². The molecule has 0 unspecified atom stereocenters. The van der Waals surface area contributed by atoms with E-state index in [9.17, 15) is 4.79 Å². The summed E-state index contributed by atoms with van der Waals surface area (Å²) in [6, 6.07) is 5.81. The molecule has 2 rings (SSSR count). The van der Waals surface area contributed by atoms with Crippen LogP contribution in [0.4, 0.5) is 11.4 Å². The third kappa shape index (κ3) is 2.89. The Balaban J connectivity index is 2.21. The van der Waals surface area contributed by atoms with E-state index in [4.69, 9.17) is 11.5 Å². The molecule has 1 amide bonds. The molecule has 0 atom stereocenters. The van der Waals surface area contributed by atoms with Gasteiger partial charge in [-0.1, -0.05) is 19.4 Å². The summed E-state index contributed by atoms with van der Waals surface area (Å²) in [5, 5.41) is 0. The molecule has 20 heavy (non-hydrogen) atoms. The Hall–Kier alpha value is -1.71. The number of amides is 1. The number of para-hydroxylation sites is 1. The Morgan fingerprint density at radius 3 is 2.50 bits per heavy atom. The summed E-state index contributed by atoms with van der Waals surface area (Å²) in [7, 11) is 2.02. The molecule has 0 aliphatic heterocycles. The van der Waals surface area contributed by atoms with Gasteiger partial charge in [0.25, 0.3) is 5.91 Å². The van der Waals surface area contributed by atoms with E-state index in [0.717, 1.165) is 24.4 Å². The minimum Gasteiger partial charge on any atom is -0.397 e. The number of hydrogen-bond donors (Lipinski definition) is 2. The lowest BCUT2D eigenvalue weighted by atomic mass is 9.84. The SMILES string of the molecule is CCC1CCC(N(C)c2c(N)cccc2C(N)=O)CC1. The number of carbonyl (C=O) groups is 1. The van der Waals surface area contributed by atoms with E-state index in [1.54, 1.807) is 12.1 Å². The van der Waals surface area contributed by atoms with Crippen molar-refractivity contribution in [2.75, 3.05) is 17.7 Å². The zero-order valence-electron chi connectivity index (χ0n) is 12.4. The third-order valence-corrected chi connectivity index (χ3v) is 4.63. The lowest BCUT2D eigenvalue weighted by molar-refractivity contribution is 0.100. The van der Waals surface area contributed by atoms with E-state index >= 15 is 0 Å². The highest BCUT2D eigenvalue weighted by atomic mass is 16.1. The summed E-state index contributed by atoms with van der Waals surface area (Å²) >= 11 is 0. The fourth-order valence-electron chi connectivity index (χ4n) is 3.28. The predicted octanol–water partition coefficient (Wildman–Crippen LogP) is 2.77. The Bertz CT molecular complexity index is 479. The molecule has 1 aromatic carbocycles. The number of hydrogen-bond acceptors (Lipinski definition) is 3. The van der Waals surface area contributed by atoms with E-state index in [2.05, 4.69) is 11.8 Å². The van der Waals surface area contributed by atoms with Gasteiger partial charge in [-0.2, -0.15) is 0 Å². The van der Waals surface area contributed by atoms with Gasteiger partial charge in [-0.3, -0.25) is 4.79 Å². The normalized spacial score (nSPS) is 22.5. The molecule has 1 aliphatic rings. The first-order chi connectivity index (χ1) is 9.54. The second-order valence-corrected chi connectivity index (χ2v) is 5.80. The molecule has 4 heteroatoms. The first-order valence-corrected chi connectivity index (χ1v) is 7.45. The number of anilines is 2. The van der Waals surface area contributed by atoms with Crippen molar-refractivity contribution >= 4 is 17.3 Å². The zero-order valence-corrected chi connectivity index (χ0v) is 12.4. The van der Waals surface area contributed by atoms with E-state index in [1.807, 2.05) is 13.1 Å². The van der Waals surface area contributed by atoms with Crippen LogP contribution in [0.5, 0.6) is 0 Å². The van der Waals surface area contributed by atoms with Gasteiger partial charge in [-0.05, 0) is 43.7 Å². The summed E-state index contributed by atoms with van der Waals surface area (Å²) in [6.07, 6.45) is 6.08. The van der Waals surface area contributed by atoms with Gasteiger partial charge in [0.1, 0.15) is 0 Å². The van der Waals surface area contributed by atoms with Crippen molar-refractivity contribution in [1.82, 2.24) is 0 Å². The summed E-state index contributed by atoms with van der Waals surface area (Å²) < 4.78 is 0. The molecular formula is C16H25N3O. The van der Waals surface area contributed by atoms with Crippen molar-refractivity contribution in [3.8, 4) is 0 Å². The Kier molecular flexibility index (Phi) is 4.53. The van der Waals surface area contributed by atoms with E-state index in [-0.39, 0.29) is 0 Å². The van der Waals surface area contributed by atoms with Gasteiger partial charge >= 0.3 is 0 Å². The molecule has 0 heterocycles. The van der Waals surface area contributed by atoms with Crippen molar-refractivity contribution in [1.29, 1.82) is 0 Å². The van der Waals surface area contributed by atoms with Gasteiger partial charge in [0.15, 0.2) is 0 Å². The average Bonchev–Trinajstić information content (AvgIpc) is 2.46. The first-order valence-electron chi connectivity index (χ1n) is 7.45. The largest absolute Gasteiger partial charge is 0.397 e. The molecule has 0 aromatic heterocycles. The summed E-state index contributed by atoms with van der Waals surface area (Å²) in [5.74, 6) is 0.435. The smallest absolute Gasteiger partial charge is 0.250 e. The van der Waals surface area contributed by atoms with Gasteiger partial charge in [0, 0.05) is 13.1 Å². The number of nitrogens with zero attached hydrogens (tertiary/aromatic N) is 1. The number of nitrogens with two attached hydrogens (primary N) is 2. The Morgan fingerprint density at radius 1 is 1.30 bits per heavy atom. The molecule has 0 radical (unpaired) electrons. The maximum atomic E-state index is 11.6. The quantitative estimate of drug-likeness (QED) is 0.830. The Labute approximate surface area is 121 Å². The maximum absolute atomic E-state index is 11.6. The number of benzene rings is 1. The summed E-state index contributed by atoms with van der Waals surface area (Å²) in [5.41, 5.74) is 13.5. The van der Waals surface area contributed by atoms with Crippen molar-refractivity contribution in [3.05, 3.63) is 23.8 Å². The first kappa shape index (κ1) is 14.7. The molecule has 110 valence electrons. The highest BCUT2D eigenvalue weighted by Crippen LogP contribution is 2.34.